The molecule has 1 aromatic carbocycles. The van der Waals surface area contributed by atoms with Crippen molar-refractivity contribution in [1.29, 1.82) is 0 Å². The third-order valence-electron chi connectivity index (χ3n) is 6.32. The van der Waals surface area contributed by atoms with Crippen molar-refractivity contribution in [3.05, 3.63) is 104 Å². The van der Waals surface area contributed by atoms with Gasteiger partial charge < -0.3 is 14.1 Å². The van der Waals surface area contributed by atoms with Crippen LogP contribution in [0.25, 0.3) is 55.7 Å². The average molecular weight is 485 g/mol. The Balaban J connectivity index is 1.24. The summed E-state index contributed by atoms with van der Waals surface area (Å²) in [4.78, 5) is 16.9. The monoisotopic (exact) mass is 484 g/mol. The second kappa shape index (κ2) is 8.76. The predicted octanol–water partition coefficient (Wildman–Crippen LogP) is 6.40. The van der Waals surface area contributed by atoms with E-state index in [9.17, 15) is 0 Å². The van der Waals surface area contributed by atoms with Gasteiger partial charge in [0, 0.05) is 34.3 Å². The first-order chi connectivity index (χ1) is 18.3. The number of ether oxygens (including phenoxy) is 1. The van der Waals surface area contributed by atoms with Crippen LogP contribution in [-0.2, 0) is 6.61 Å². The number of furan rings is 1. The van der Waals surface area contributed by atoms with Crippen LogP contribution in [0.15, 0.2) is 102 Å². The highest BCUT2D eigenvalue weighted by Crippen LogP contribution is 2.34. The fourth-order valence-electron chi connectivity index (χ4n) is 4.48. The van der Waals surface area contributed by atoms with Gasteiger partial charge >= 0.3 is 0 Å². The van der Waals surface area contributed by atoms with Crippen LogP contribution in [0.1, 0.15) is 5.56 Å². The maximum absolute atomic E-state index is 5.97. The molecule has 0 saturated carbocycles. The smallest absolute Gasteiger partial charge is 0.138 e. The Kier molecular flexibility index (Phi) is 4.99. The van der Waals surface area contributed by atoms with Gasteiger partial charge in [0.05, 0.1) is 41.8 Å². The number of benzene rings is 1. The second-order valence-electron chi connectivity index (χ2n) is 8.69. The van der Waals surface area contributed by atoms with Gasteiger partial charge in [-0.25, -0.2) is 4.98 Å². The van der Waals surface area contributed by atoms with E-state index in [1.54, 1.807) is 37.3 Å². The largest absolute Gasteiger partial charge is 0.487 e. The number of nitrogens with zero attached hydrogens (tertiary/aromatic N) is 4. The number of rotatable bonds is 6. The SMILES string of the molecule is c1ccc(COc2cncc(-c3cc4c(-c5cc6c(-c7ccoc7)ccnc6[nH]5)n[nH]c4cn3)c2)cc1. The van der Waals surface area contributed by atoms with Crippen LogP contribution in [0, 0.1) is 0 Å². The minimum Gasteiger partial charge on any atom is -0.487 e. The van der Waals surface area contributed by atoms with Gasteiger partial charge in [-0.3, -0.25) is 15.1 Å². The van der Waals surface area contributed by atoms with Crippen molar-refractivity contribution in [2.24, 2.45) is 0 Å². The lowest BCUT2D eigenvalue weighted by molar-refractivity contribution is 0.305. The molecular formula is C29H20N6O2. The highest BCUT2D eigenvalue weighted by Gasteiger charge is 2.16. The summed E-state index contributed by atoms with van der Waals surface area (Å²) in [5.41, 5.74) is 8.05. The number of pyridine rings is 3. The molecule has 6 heterocycles. The van der Waals surface area contributed by atoms with Gasteiger partial charge in [0.2, 0.25) is 0 Å². The lowest BCUT2D eigenvalue weighted by atomic mass is 10.1. The van der Waals surface area contributed by atoms with E-state index in [-0.39, 0.29) is 0 Å². The molecule has 0 amide bonds. The molecule has 0 saturated heterocycles. The standard InChI is InChI=1S/C29H20N6O2/c1-2-4-18(5-3-1)16-37-21-10-20(13-30-14-21)25-12-24-27(15-32-25)34-35-28(24)26-11-23-22(19-7-9-36-17-19)6-8-31-29(23)33-26/h1-15,17H,16H2,(H,31,33)(H,34,35). The molecule has 37 heavy (non-hydrogen) atoms. The molecule has 0 aliphatic carbocycles. The van der Waals surface area contributed by atoms with Crippen LogP contribution < -0.4 is 4.74 Å². The van der Waals surface area contributed by atoms with Crippen LogP contribution in [0.3, 0.4) is 0 Å². The van der Waals surface area contributed by atoms with Crippen molar-refractivity contribution in [2.75, 3.05) is 0 Å². The molecule has 0 radical (unpaired) electrons. The minimum atomic E-state index is 0.472. The fraction of sp³-hybridized carbons (Fsp3) is 0.0345. The number of aromatic nitrogens is 6. The van der Waals surface area contributed by atoms with E-state index >= 15 is 0 Å². The molecule has 0 aliphatic heterocycles. The lowest BCUT2D eigenvalue weighted by Crippen LogP contribution is -1.96. The van der Waals surface area contributed by atoms with E-state index in [4.69, 9.17) is 9.15 Å². The summed E-state index contributed by atoms with van der Waals surface area (Å²) in [7, 11) is 0. The maximum Gasteiger partial charge on any atom is 0.138 e. The van der Waals surface area contributed by atoms with Crippen molar-refractivity contribution in [3.8, 4) is 39.5 Å². The maximum atomic E-state index is 5.97. The van der Waals surface area contributed by atoms with Gasteiger partial charge in [-0.2, -0.15) is 5.10 Å². The molecule has 0 atom stereocenters. The first kappa shape index (κ1) is 21.1. The number of aromatic amines is 2. The zero-order valence-electron chi connectivity index (χ0n) is 19.6. The molecule has 0 spiro atoms. The van der Waals surface area contributed by atoms with E-state index < -0.39 is 0 Å². The Hall–Kier alpha value is -5.24. The van der Waals surface area contributed by atoms with E-state index in [0.717, 1.165) is 61.3 Å². The van der Waals surface area contributed by atoms with Gasteiger partial charge in [0.15, 0.2) is 0 Å². The average Bonchev–Trinajstić information content (AvgIpc) is 3.71. The minimum absolute atomic E-state index is 0.472. The van der Waals surface area contributed by atoms with Gasteiger partial charge in [0.1, 0.15) is 23.7 Å². The topological polar surface area (TPSA) is 106 Å². The van der Waals surface area contributed by atoms with Crippen LogP contribution >= 0.6 is 0 Å². The quantitative estimate of drug-likeness (QED) is 0.283. The summed E-state index contributed by atoms with van der Waals surface area (Å²) in [6.07, 6.45) is 10.5. The zero-order chi connectivity index (χ0) is 24.6. The number of nitrogens with one attached hydrogen (secondary N) is 2. The Labute approximate surface area is 211 Å². The third-order valence-corrected chi connectivity index (χ3v) is 6.32. The number of H-pyrrole nitrogens is 2. The van der Waals surface area contributed by atoms with Crippen molar-refractivity contribution in [3.63, 3.8) is 0 Å². The molecule has 8 nitrogen and oxygen atoms in total. The molecular weight excluding hydrogens is 464 g/mol. The van der Waals surface area contributed by atoms with Crippen LogP contribution in [0.4, 0.5) is 0 Å². The Morgan fingerprint density at radius 1 is 0.865 bits per heavy atom. The summed E-state index contributed by atoms with van der Waals surface area (Å²) >= 11 is 0. The molecule has 178 valence electrons. The highest BCUT2D eigenvalue weighted by molar-refractivity contribution is 6.00. The zero-order valence-corrected chi connectivity index (χ0v) is 19.6. The Morgan fingerprint density at radius 3 is 2.70 bits per heavy atom. The summed E-state index contributed by atoms with van der Waals surface area (Å²) < 4.78 is 11.3. The highest BCUT2D eigenvalue weighted by atomic mass is 16.5. The fourth-order valence-corrected chi connectivity index (χ4v) is 4.48. The van der Waals surface area contributed by atoms with Gasteiger partial charge in [-0.05, 0) is 41.5 Å². The van der Waals surface area contributed by atoms with E-state index in [2.05, 4.69) is 36.2 Å². The summed E-state index contributed by atoms with van der Waals surface area (Å²) in [5, 5.41) is 9.62. The molecule has 7 aromatic rings. The molecule has 0 fully saturated rings. The predicted molar refractivity (Wildman–Crippen MR) is 141 cm³/mol. The van der Waals surface area contributed by atoms with Gasteiger partial charge in [0.25, 0.3) is 0 Å². The Bertz CT molecular complexity index is 1840. The summed E-state index contributed by atoms with van der Waals surface area (Å²) in [5.74, 6) is 0.684. The molecule has 8 heteroatoms. The van der Waals surface area contributed by atoms with Gasteiger partial charge in [-0.15, -0.1) is 0 Å². The number of hydrogen-bond acceptors (Lipinski definition) is 6. The molecule has 0 bridgehead atoms. The molecule has 7 rings (SSSR count). The molecule has 0 aliphatic rings. The van der Waals surface area contributed by atoms with Crippen LogP contribution in [0.5, 0.6) is 5.75 Å². The number of fused-ring (bicyclic) bond motifs is 2. The van der Waals surface area contributed by atoms with E-state index in [1.807, 2.05) is 54.6 Å². The van der Waals surface area contributed by atoms with Crippen molar-refractivity contribution in [2.45, 2.75) is 6.61 Å². The number of hydrogen-bond donors (Lipinski definition) is 2. The summed E-state index contributed by atoms with van der Waals surface area (Å²) in [6.45, 7) is 0.472. The molecule has 2 N–H and O–H groups in total. The second-order valence-corrected chi connectivity index (χ2v) is 8.69. The van der Waals surface area contributed by atoms with Gasteiger partial charge in [-0.1, -0.05) is 30.3 Å². The van der Waals surface area contributed by atoms with E-state index in [0.29, 0.717) is 12.4 Å². The van der Waals surface area contributed by atoms with E-state index in [1.165, 1.54) is 0 Å². The Morgan fingerprint density at radius 2 is 1.81 bits per heavy atom. The third kappa shape index (κ3) is 3.90. The van der Waals surface area contributed by atoms with Crippen LogP contribution in [0.2, 0.25) is 0 Å². The van der Waals surface area contributed by atoms with Crippen molar-refractivity contribution in [1.82, 2.24) is 30.1 Å². The van der Waals surface area contributed by atoms with Crippen LogP contribution in [-0.4, -0.2) is 30.1 Å². The first-order valence-electron chi connectivity index (χ1n) is 11.8. The first-order valence-corrected chi connectivity index (χ1v) is 11.8. The van der Waals surface area contributed by atoms with Crippen molar-refractivity contribution >= 4 is 21.9 Å². The summed E-state index contributed by atoms with van der Waals surface area (Å²) in [6, 6.07) is 20.0. The normalized spacial score (nSPS) is 11.4. The molecule has 6 aromatic heterocycles. The van der Waals surface area contributed by atoms with Crippen molar-refractivity contribution < 1.29 is 9.15 Å². The lowest BCUT2D eigenvalue weighted by Gasteiger charge is -2.08. The molecule has 0 unspecified atom stereocenters.